The number of nitrogens with one attached hydrogen (secondary N) is 3. The predicted molar refractivity (Wildman–Crippen MR) is 96.5 cm³/mol. The van der Waals surface area contributed by atoms with Gasteiger partial charge in [-0.05, 0) is 48.9 Å². The molecule has 26 heavy (non-hydrogen) atoms. The summed E-state index contributed by atoms with van der Waals surface area (Å²) < 4.78 is 13.4. The van der Waals surface area contributed by atoms with Crippen LogP contribution in [0.4, 0.5) is 10.1 Å². The molecule has 1 heterocycles. The average molecular weight is 352 g/mol. The van der Waals surface area contributed by atoms with Gasteiger partial charge in [0.2, 0.25) is 0 Å². The molecule has 3 aromatic rings. The number of hydrogen-bond donors (Lipinski definition) is 3. The van der Waals surface area contributed by atoms with Gasteiger partial charge in [-0.15, -0.1) is 0 Å². The molecule has 0 aliphatic heterocycles. The van der Waals surface area contributed by atoms with E-state index in [2.05, 4.69) is 20.8 Å². The van der Waals surface area contributed by atoms with Gasteiger partial charge in [0, 0.05) is 12.6 Å². The molecule has 0 fully saturated rings. The largest absolute Gasteiger partial charge is 0.355 e. The number of H-pyrrole nitrogens is 1. The second-order valence-electron chi connectivity index (χ2n) is 5.71. The lowest BCUT2D eigenvalue weighted by atomic mass is 10.1. The maximum absolute atomic E-state index is 13.4. The number of benzene rings is 2. The minimum absolute atomic E-state index is 0.230. The van der Waals surface area contributed by atoms with Crippen molar-refractivity contribution in [1.29, 1.82) is 0 Å². The summed E-state index contributed by atoms with van der Waals surface area (Å²) in [6.07, 6.45) is 0. The van der Waals surface area contributed by atoms with Crippen molar-refractivity contribution in [2.45, 2.75) is 6.92 Å². The molecule has 0 aliphatic carbocycles. The molecule has 3 N–H and O–H groups in total. The molecule has 0 unspecified atom stereocenters. The minimum Gasteiger partial charge on any atom is -0.355 e. The number of halogens is 1. The van der Waals surface area contributed by atoms with Crippen LogP contribution in [-0.2, 0) is 0 Å². The normalized spacial score (nSPS) is 10.4. The molecule has 6 nitrogen and oxygen atoms in total. The van der Waals surface area contributed by atoms with Crippen molar-refractivity contribution in [2.24, 2.45) is 0 Å². The number of para-hydroxylation sites is 1. The molecule has 0 atom stereocenters. The maximum atomic E-state index is 13.4. The highest BCUT2D eigenvalue weighted by molar-refractivity contribution is 6.08. The number of carbonyl (C=O) groups excluding carboxylic acids is 2. The van der Waals surface area contributed by atoms with Gasteiger partial charge in [0.1, 0.15) is 11.5 Å². The van der Waals surface area contributed by atoms with Gasteiger partial charge < -0.3 is 10.6 Å². The van der Waals surface area contributed by atoms with Crippen molar-refractivity contribution in [2.75, 3.05) is 12.4 Å². The van der Waals surface area contributed by atoms with E-state index in [0.29, 0.717) is 28.1 Å². The summed E-state index contributed by atoms with van der Waals surface area (Å²) in [4.78, 5) is 24.4. The monoisotopic (exact) mass is 352 g/mol. The smallest absolute Gasteiger partial charge is 0.273 e. The van der Waals surface area contributed by atoms with Crippen LogP contribution >= 0.6 is 0 Å². The highest BCUT2D eigenvalue weighted by Crippen LogP contribution is 2.21. The zero-order valence-corrected chi connectivity index (χ0v) is 14.3. The number of rotatable bonds is 4. The Hall–Kier alpha value is -3.48. The van der Waals surface area contributed by atoms with Gasteiger partial charge >= 0.3 is 0 Å². The van der Waals surface area contributed by atoms with Gasteiger partial charge in [0.15, 0.2) is 0 Å². The maximum Gasteiger partial charge on any atom is 0.273 e. The number of carbonyl (C=O) groups is 2. The van der Waals surface area contributed by atoms with Crippen LogP contribution in [0.3, 0.4) is 0 Å². The highest BCUT2D eigenvalue weighted by atomic mass is 19.1. The predicted octanol–water partition coefficient (Wildman–Crippen LogP) is 3.14. The third kappa shape index (κ3) is 3.46. The topological polar surface area (TPSA) is 86.9 Å². The molecular formula is C19H17FN4O2. The summed E-state index contributed by atoms with van der Waals surface area (Å²) in [5, 5.41) is 12.0. The van der Waals surface area contributed by atoms with E-state index >= 15 is 0 Å². The van der Waals surface area contributed by atoms with E-state index < -0.39 is 5.91 Å². The average Bonchev–Trinajstić information content (AvgIpc) is 3.14. The van der Waals surface area contributed by atoms with Crippen LogP contribution in [-0.4, -0.2) is 29.1 Å². The Morgan fingerprint density at radius 1 is 1.08 bits per heavy atom. The van der Waals surface area contributed by atoms with Crippen LogP contribution in [0.25, 0.3) is 11.3 Å². The summed E-state index contributed by atoms with van der Waals surface area (Å²) >= 11 is 0. The van der Waals surface area contributed by atoms with Gasteiger partial charge in [-0.1, -0.05) is 12.1 Å². The lowest BCUT2D eigenvalue weighted by molar-refractivity contribution is 0.0964. The van der Waals surface area contributed by atoms with Crippen molar-refractivity contribution in [3.8, 4) is 11.3 Å². The SMILES string of the molecule is CNC(=O)c1ccccc1NC(=O)c1cc(-c2ccc(F)c(C)c2)n[nH]1. The van der Waals surface area contributed by atoms with E-state index in [1.807, 2.05) is 0 Å². The second kappa shape index (κ2) is 7.18. The van der Waals surface area contributed by atoms with Gasteiger partial charge in [-0.2, -0.15) is 5.10 Å². The first-order chi connectivity index (χ1) is 12.5. The summed E-state index contributed by atoms with van der Waals surface area (Å²) in [6.45, 7) is 1.66. The zero-order chi connectivity index (χ0) is 18.7. The highest BCUT2D eigenvalue weighted by Gasteiger charge is 2.15. The molecule has 0 bridgehead atoms. The van der Waals surface area contributed by atoms with Crippen LogP contribution in [0.2, 0.25) is 0 Å². The van der Waals surface area contributed by atoms with Crippen LogP contribution in [0.5, 0.6) is 0 Å². The van der Waals surface area contributed by atoms with Crippen LogP contribution in [0, 0.1) is 12.7 Å². The van der Waals surface area contributed by atoms with Crippen LogP contribution in [0.15, 0.2) is 48.5 Å². The van der Waals surface area contributed by atoms with E-state index in [0.717, 1.165) is 0 Å². The molecule has 132 valence electrons. The first-order valence-corrected chi connectivity index (χ1v) is 7.94. The third-order valence-electron chi connectivity index (χ3n) is 3.92. The van der Waals surface area contributed by atoms with E-state index in [1.54, 1.807) is 49.4 Å². The van der Waals surface area contributed by atoms with E-state index in [4.69, 9.17) is 0 Å². The number of aromatic amines is 1. The molecule has 0 saturated carbocycles. The zero-order valence-electron chi connectivity index (χ0n) is 14.3. The molecule has 0 radical (unpaired) electrons. The van der Waals surface area contributed by atoms with Crippen molar-refractivity contribution < 1.29 is 14.0 Å². The Labute approximate surface area is 149 Å². The van der Waals surface area contributed by atoms with Gasteiger partial charge in [-0.3, -0.25) is 14.7 Å². The van der Waals surface area contributed by atoms with Crippen molar-refractivity contribution in [1.82, 2.24) is 15.5 Å². The number of amides is 2. The van der Waals surface area contributed by atoms with Crippen LogP contribution in [0.1, 0.15) is 26.4 Å². The van der Waals surface area contributed by atoms with E-state index in [1.165, 1.54) is 13.1 Å². The lowest BCUT2D eigenvalue weighted by Gasteiger charge is -2.08. The number of aryl methyl sites for hydroxylation is 1. The first-order valence-electron chi connectivity index (χ1n) is 7.94. The number of aromatic nitrogens is 2. The molecule has 0 saturated heterocycles. The summed E-state index contributed by atoms with van der Waals surface area (Å²) in [5.41, 5.74) is 2.70. The van der Waals surface area contributed by atoms with Gasteiger partial charge in [0.05, 0.1) is 16.9 Å². The lowest BCUT2D eigenvalue weighted by Crippen LogP contribution is -2.21. The summed E-state index contributed by atoms with van der Waals surface area (Å²) in [7, 11) is 1.52. The molecule has 0 aliphatic rings. The van der Waals surface area contributed by atoms with E-state index in [-0.39, 0.29) is 17.4 Å². The molecule has 2 amide bonds. The number of nitrogens with zero attached hydrogens (tertiary/aromatic N) is 1. The molecule has 2 aromatic carbocycles. The fourth-order valence-corrected chi connectivity index (χ4v) is 2.50. The quantitative estimate of drug-likeness (QED) is 0.674. The minimum atomic E-state index is -0.432. The van der Waals surface area contributed by atoms with Crippen molar-refractivity contribution >= 4 is 17.5 Å². The Balaban J connectivity index is 1.83. The second-order valence-corrected chi connectivity index (χ2v) is 5.71. The Bertz CT molecular complexity index is 981. The molecule has 7 heteroatoms. The Kier molecular flexibility index (Phi) is 4.79. The van der Waals surface area contributed by atoms with Crippen LogP contribution < -0.4 is 10.6 Å². The van der Waals surface area contributed by atoms with Gasteiger partial charge in [-0.25, -0.2) is 4.39 Å². The van der Waals surface area contributed by atoms with Gasteiger partial charge in [0.25, 0.3) is 11.8 Å². The van der Waals surface area contributed by atoms with Crippen molar-refractivity contribution in [3.63, 3.8) is 0 Å². The molecule has 1 aromatic heterocycles. The first kappa shape index (κ1) is 17.3. The van der Waals surface area contributed by atoms with E-state index in [9.17, 15) is 14.0 Å². The summed E-state index contributed by atoms with van der Waals surface area (Å²) in [6, 6.07) is 12.9. The molecular weight excluding hydrogens is 335 g/mol. The number of hydrogen-bond acceptors (Lipinski definition) is 3. The number of anilines is 1. The Morgan fingerprint density at radius 2 is 1.85 bits per heavy atom. The summed E-state index contributed by atoms with van der Waals surface area (Å²) in [5.74, 6) is -1.03. The fraction of sp³-hybridized carbons (Fsp3) is 0.105. The third-order valence-corrected chi connectivity index (χ3v) is 3.92. The van der Waals surface area contributed by atoms with Crippen molar-refractivity contribution in [3.05, 3.63) is 71.2 Å². The molecule has 0 spiro atoms. The fourth-order valence-electron chi connectivity index (χ4n) is 2.50. The Morgan fingerprint density at radius 3 is 2.58 bits per heavy atom. The molecule has 3 rings (SSSR count). The standard InChI is InChI=1S/C19H17FN4O2/c1-11-9-12(7-8-14(11)20)16-10-17(24-23-16)19(26)22-15-6-4-3-5-13(15)18(25)21-2/h3-10H,1-2H3,(H,21,25)(H,22,26)(H,23,24).